The average molecular weight is 1090 g/mol. The van der Waals surface area contributed by atoms with Crippen LogP contribution >= 0.6 is 0 Å². The molecule has 2 aromatic heterocycles. The zero-order valence-corrected chi connectivity index (χ0v) is 44.8. The summed E-state index contributed by atoms with van der Waals surface area (Å²) in [6, 6.07) is 16.3. The van der Waals surface area contributed by atoms with Gasteiger partial charge in [-0.15, -0.1) is 0 Å². The van der Waals surface area contributed by atoms with Crippen LogP contribution < -0.4 is 36.0 Å². The SMILES string of the molecule is CCCNC(=O)c1ccc(C)c(-c2nc(N3CCC(N4CCCC4)CC3)nc3c2CNC(=O)N3c2c(F)cccc2F)c1.CCCNC(=O)c1ccc(C)c(-c2nc(S(C)=O)nc3c2CNC(=O)N3c2c(F)cccc2F)c1. The molecule has 4 aromatic carbocycles. The number of nitrogens with one attached hydrogen (secondary N) is 4. The lowest BCUT2D eigenvalue weighted by molar-refractivity contribution is 0.0945. The van der Waals surface area contributed by atoms with Gasteiger partial charge in [0.05, 0.1) is 35.3 Å². The molecule has 4 aliphatic heterocycles. The molecule has 2 saturated heterocycles. The van der Waals surface area contributed by atoms with E-state index >= 15 is 8.78 Å². The van der Waals surface area contributed by atoms with Gasteiger partial charge in [-0.1, -0.05) is 38.1 Å². The van der Waals surface area contributed by atoms with E-state index in [4.69, 9.17) is 9.97 Å². The maximum Gasteiger partial charge on any atom is 0.328 e. The summed E-state index contributed by atoms with van der Waals surface area (Å²) in [4.78, 5) is 76.5. The number of halogens is 4. The number of piperidine rings is 1. The maximum absolute atomic E-state index is 15.1. The van der Waals surface area contributed by atoms with Gasteiger partial charge >= 0.3 is 12.1 Å². The van der Waals surface area contributed by atoms with E-state index < -0.39 is 57.5 Å². The fraction of sp³-hybridized carbons (Fsp3) is 0.357. The Morgan fingerprint density at radius 1 is 0.641 bits per heavy atom. The summed E-state index contributed by atoms with van der Waals surface area (Å²) in [5.41, 5.74) is 4.36. The summed E-state index contributed by atoms with van der Waals surface area (Å²) < 4.78 is 72.0. The van der Waals surface area contributed by atoms with Gasteiger partial charge in [-0.05, 0) is 125 Å². The van der Waals surface area contributed by atoms with Crippen LogP contribution in [0.2, 0.25) is 0 Å². The second-order valence-corrected chi connectivity index (χ2v) is 20.7. The van der Waals surface area contributed by atoms with Crippen molar-refractivity contribution < 1.29 is 40.9 Å². The van der Waals surface area contributed by atoms with E-state index in [2.05, 4.69) is 41.0 Å². The molecule has 1 unspecified atom stereocenters. The normalized spacial score (nSPS) is 15.9. The largest absolute Gasteiger partial charge is 0.352 e. The van der Waals surface area contributed by atoms with Crippen molar-refractivity contribution in [2.75, 3.05) is 60.2 Å². The predicted octanol–water partition coefficient (Wildman–Crippen LogP) is 9.26. The van der Waals surface area contributed by atoms with Crippen molar-refractivity contribution in [3.63, 3.8) is 0 Å². The lowest BCUT2D eigenvalue weighted by Gasteiger charge is -2.37. The molecule has 1 atom stereocenters. The quantitative estimate of drug-likeness (QED) is 0.0635. The number of hydrogen-bond acceptors (Lipinski definition) is 11. The van der Waals surface area contributed by atoms with Gasteiger partial charge in [0.2, 0.25) is 11.1 Å². The number of hydrogen-bond donors (Lipinski definition) is 4. The van der Waals surface area contributed by atoms with Gasteiger partial charge in [-0.2, -0.15) is 4.98 Å². The highest BCUT2D eigenvalue weighted by atomic mass is 32.2. The van der Waals surface area contributed by atoms with Crippen LogP contribution in [0.4, 0.5) is 56.1 Å². The van der Waals surface area contributed by atoms with Crippen molar-refractivity contribution in [1.82, 2.24) is 46.1 Å². The first-order valence-electron chi connectivity index (χ1n) is 26.0. The van der Waals surface area contributed by atoms with Crippen molar-refractivity contribution in [2.45, 2.75) is 90.5 Å². The Morgan fingerprint density at radius 3 is 1.54 bits per heavy atom. The molecule has 0 bridgehead atoms. The van der Waals surface area contributed by atoms with Crippen molar-refractivity contribution in [3.05, 3.63) is 129 Å². The number of benzene rings is 4. The Labute approximate surface area is 451 Å². The van der Waals surface area contributed by atoms with Gasteiger partial charge in [0.15, 0.2) is 11.6 Å². The second-order valence-electron chi connectivity index (χ2n) is 19.4. The zero-order valence-electron chi connectivity index (χ0n) is 43.9. The molecule has 6 amide bonds. The highest BCUT2D eigenvalue weighted by Gasteiger charge is 2.38. The fourth-order valence-corrected chi connectivity index (χ4v) is 10.5. The van der Waals surface area contributed by atoms with Crippen LogP contribution in [0.1, 0.15) is 95.3 Å². The van der Waals surface area contributed by atoms with Crippen LogP contribution in [0.5, 0.6) is 0 Å². The van der Waals surface area contributed by atoms with Crippen LogP contribution in [-0.4, -0.2) is 104 Å². The molecule has 4 N–H and O–H groups in total. The van der Waals surface area contributed by atoms with Gasteiger partial charge in [0.25, 0.3) is 11.8 Å². The predicted molar refractivity (Wildman–Crippen MR) is 289 cm³/mol. The van der Waals surface area contributed by atoms with Crippen molar-refractivity contribution in [3.8, 4) is 22.5 Å². The van der Waals surface area contributed by atoms with Crippen LogP contribution in [0, 0.1) is 37.1 Å². The van der Waals surface area contributed by atoms with E-state index in [1.807, 2.05) is 33.8 Å². The summed E-state index contributed by atoms with van der Waals surface area (Å²) in [6.07, 6.45) is 7.32. The van der Waals surface area contributed by atoms with Crippen LogP contribution in [0.25, 0.3) is 22.5 Å². The molecule has 0 saturated carbocycles. The van der Waals surface area contributed by atoms with Crippen molar-refractivity contribution >= 4 is 63.6 Å². The average Bonchev–Trinajstić information content (AvgIpc) is 4.13. The third-order valence-electron chi connectivity index (χ3n) is 14.2. The number of carbonyl (C=O) groups excluding carboxylic acids is 4. The van der Waals surface area contributed by atoms with Gasteiger partial charge in [-0.3, -0.25) is 13.8 Å². The van der Waals surface area contributed by atoms with Crippen molar-refractivity contribution in [1.29, 1.82) is 0 Å². The van der Waals surface area contributed by atoms with Gasteiger partial charge in [0.1, 0.15) is 34.6 Å². The number of likely N-dealkylation sites (tertiary alicyclic amines) is 1. The molecule has 10 rings (SSSR count). The van der Waals surface area contributed by atoms with Crippen LogP contribution in [0.15, 0.2) is 78.0 Å². The minimum atomic E-state index is -1.68. The number of para-hydroxylation sites is 2. The van der Waals surface area contributed by atoms with E-state index in [1.165, 1.54) is 31.2 Å². The Balaban J connectivity index is 0.000000194. The minimum Gasteiger partial charge on any atom is -0.352 e. The van der Waals surface area contributed by atoms with E-state index in [-0.39, 0.29) is 41.7 Å². The summed E-state index contributed by atoms with van der Waals surface area (Å²) in [5.74, 6) is -3.68. The summed E-state index contributed by atoms with van der Waals surface area (Å²) in [5, 5.41) is 11.0. The fourth-order valence-electron chi connectivity index (χ4n) is 10.1. The smallest absolute Gasteiger partial charge is 0.328 e. The number of fused-ring (bicyclic) bond motifs is 2. The Bertz CT molecular complexity index is 3290. The molecule has 78 heavy (non-hydrogen) atoms. The Kier molecular flexibility index (Phi) is 16.8. The van der Waals surface area contributed by atoms with Crippen molar-refractivity contribution in [2.24, 2.45) is 0 Å². The zero-order chi connectivity index (χ0) is 55.4. The summed E-state index contributed by atoms with van der Waals surface area (Å²) in [6.45, 7) is 12.5. The molecule has 0 aliphatic carbocycles. The van der Waals surface area contributed by atoms with E-state index in [0.717, 1.165) is 97.1 Å². The number of carbonyl (C=O) groups is 4. The molecule has 17 nitrogen and oxygen atoms in total. The number of amides is 6. The number of aromatic nitrogens is 4. The topological polar surface area (TPSA) is 198 Å². The third-order valence-corrected chi connectivity index (χ3v) is 14.9. The molecule has 6 aromatic rings. The molecule has 4 aliphatic rings. The van der Waals surface area contributed by atoms with Crippen LogP contribution in [-0.2, 0) is 23.9 Å². The lowest BCUT2D eigenvalue weighted by Crippen LogP contribution is -2.45. The molecular weight excluding hydrogens is 1030 g/mol. The third kappa shape index (κ3) is 11.3. The first kappa shape index (κ1) is 54.9. The second kappa shape index (κ2) is 23.8. The molecule has 22 heteroatoms. The number of aryl methyl sites for hydroxylation is 2. The molecular formula is C56H60F4N12O5S. The summed E-state index contributed by atoms with van der Waals surface area (Å²) >= 11 is 0. The monoisotopic (exact) mass is 1090 g/mol. The molecule has 0 spiro atoms. The number of nitrogens with zero attached hydrogens (tertiary/aromatic N) is 8. The lowest BCUT2D eigenvalue weighted by atomic mass is 9.97. The van der Waals surface area contributed by atoms with Gasteiger partial charge < -0.3 is 31.1 Å². The highest BCUT2D eigenvalue weighted by molar-refractivity contribution is 7.84. The van der Waals surface area contributed by atoms with E-state index in [0.29, 0.717) is 69.8 Å². The van der Waals surface area contributed by atoms with Gasteiger partial charge in [-0.25, -0.2) is 51.9 Å². The maximum atomic E-state index is 15.1. The Hall–Kier alpha value is -7.85. The Morgan fingerprint density at radius 2 is 1.09 bits per heavy atom. The minimum absolute atomic E-state index is 0.0294. The molecule has 2 fully saturated rings. The van der Waals surface area contributed by atoms with Crippen LogP contribution in [0.3, 0.4) is 0 Å². The highest BCUT2D eigenvalue weighted by Crippen LogP contribution is 2.42. The molecule has 408 valence electrons. The van der Waals surface area contributed by atoms with Gasteiger partial charge in [0, 0.05) is 71.9 Å². The number of urea groups is 2. The number of rotatable bonds is 13. The number of anilines is 5. The molecule has 6 heterocycles. The first-order chi connectivity index (χ1) is 37.6. The standard InChI is InChI=1S/C32H37F2N7O2.C24H23F2N5O3S/c1-3-13-35-30(42)21-10-9-20(2)23(18-21)27-24-19-36-32(43)41(28-25(33)7-6-8-26(28)34)29(24)38-31(37-27)40-16-11-22(12-17-40)39-14-4-5-15-39;1-4-10-27-22(32)14-9-8-13(2)15(11-14)19-16-12-28-24(33)31(20-17(25)6-5-7-18(20)26)21(16)30-23(29-19)35(3)34/h6-10,18,22H,3-5,11-17,19H2,1-2H3,(H,35,42)(H,36,43);5-9,11H,4,10,12H2,1-3H3,(H,27,32)(H,28,33). The van der Waals surface area contributed by atoms with E-state index in [1.54, 1.807) is 30.3 Å². The summed E-state index contributed by atoms with van der Waals surface area (Å²) in [7, 11) is -1.68. The molecule has 0 radical (unpaired) electrons. The first-order valence-corrected chi connectivity index (χ1v) is 27.6. The van der Waals surface area contributed by atoms with E-state index in [9.17, 15) is 32.2 Å².